The molecule has 0 unspecified atom stereocenters. The van der Waals surface area contributed by atoms with E-state index in [2.05, 4.69) is 107 Å². The van der Waals surface area contributed by atoms with Gasteiger partial charge in [0.25, 0.3) is 0 Å². The third kappa shape index (κ3) is 9.18. The van der Waals surface area contributed by atoms with Crippen LogP contribution in [-0.4, -0.2) is 22.2 Å². The smallest absolute Gasteiger partial charge is 0.122 e. The van der Waals surface area contributed by atoms with Gasteiger partial charge in [0.2, 0.25) is 0 Å². The largest absolute Gasteiger partial charge is 0.545 e. The fourth-order valence-corrected chi connectivity index (χ4v) is 8.73. The third-order valence-corrected chi connectivity index (χ3v) is 11.6. The number of carbonyl (C=O) groups is 2. The van der Waals surface area contributed by atoms with Crippen molar-refractivity contribution in [2.24, 2.45) is 0 Å². The molecule has 0 bridgehead atoms. The summed E-state index contributed by atoms with van der Waals surface area (Å²) in [5.74, 6) is -2.36. The lowest BCUT2D eigenvalue weighted by atomic mass is 9.71. The molecule has 2 N–H and O–H groups in total. The first-order chi connectivity index (χ1) is 27.4. The van der Waals surface area contributed by atoms with Crippen molar-refractivity contribution in [3.63, 3.8) is 0 Å². The first kappa shape index (κ1) is 45.7. The van der Waals surface area contributed by atoms with Crippen molar-refractivity contribution in [2.75, 3.05) is 0 Å². The number of aromatic carboxylic acids is 2. The Balaban J connectivity index is 2.04. The minimum atomic E-state index is -1.42. The first-order valence-corrected chi connectivity index (χ1v) is 21.0. The van der Waals surface area contributed by atoms with Crippen LogP contribution in [0, 0.1) is 27.7 Å². The van der Waals surface area contributed by atoms with E-state index in [9.17, 15) is 30.0 Å². The van der Waals surface area contributed by atoms with E-state index in [0.717, 1.165) is 66.8 Å². The summed E-state index contributed by atoms with van der Waals surface area (Å²) in [6.45, 7) is 32.6. The van der Waals surface area contributed by atoms with E-state index in [0.29, 0.717) is 24.0 Å². The molecule has 6 nitrogen and oxygen atoms in total. The molecule has 0 aromatic heterocycles. The van der Waals surface area contributed by atoms with Crippen molar-refractivity contribution in [3.05, 3.63) is 139 Å². The monoisotopic (exact) mass is 808 g/mol. The van der Waals surface area contributed by atoms with Gasteiger partial charge < -0.3 is 30.0 Å². The molecule has 6 heteroatoms. The molecule has 0 fully saturated rings. The molecule has 0 radical (unpaired) electrons. The summed E-state index contributed by atoms with van der Waals surface area (Å²) in [5.41, 5.74) is 10.0. The van der Waals surface area contributed by atoms with Crippen molar-refractivity contribution in [3.8, 4) is 33.8 Å². The molecule has 0 amide bonds. The number of aryl methyl sites for hydroxylation is 4. The number of hydrogen-bond donors (Lipinski definition) is 2. The molecule has 0 aliphatic heterocycles. The summed E-state index contributed by atoms with van der Waals surface area (Å²) in [6, 6.07) is 18.9. The summed E-state index contributed by atoms with van der Waals surface area (Å²) in [5, 5.41) is 49.5. The average Bonchev–Trinajstić information content (AvgIpc) is 3.08. The molecule has 5 rings (SSSR count). The lowest BCUT2D eigenvalue weighted by Gasteiger charge is -2.33. The zero-order valence-electron chi connectivity index (χ0n) is 38.7. The van der Waals surface area contributed by atoms with Gasteiger partial charge in [0.1, 0.15) is 11.5 Å². The summed E-state index contributed by atoms with van der Waals surface area (Å²) in [7, 11) is 0. The molecular weight excluding hydrogens is 745 g/mol. The molecule has 0 atom stereocenters. The standard InChI is InChI=1S/C54H66O6/c1-29-19-35(25-33-23-31(3)47(55)41(27-33)53(11,12)13)43(39(21-29)51(5,6)7)45-37(49(57)58)17-18-38(50(59)60)46(45)44-36(20-30(2)22-40(44)52(8,9)10)26-34-24-32(4)48(56)42(28-34)54(14,15)16/h17-24,27-28,55-56H,25-26H2,1-16H3,(H,57,58)(H,59,60)/p-2. The van der Waals surface area contributed by atoms with E-state index in [1.807, 2.05) is 52.0 Å². The van der Waals surface area contributed by atoms with Gasteiger partial charge in [-0.1, -0.05) is 155 Å². The van der Waals surface area contributed by atoms with Gasteiger partial charge in [-0.3, -0.25) is 0 Å². The molecule has 5 aromatic carbocycles. The van der Waals surface area contributed by atoms with Gasteiger partial charge in [0.05, 0.1) is 11.9 Å². The van der Waals surface area contributed by atoms with Gasteiger partial charge in [0.15, 0.2) is 0 Å². The van der Waals surface area contributed by atoms with Crippen molar-refractivity contribution in [1.82, 2.24) is 0 Å². The Morgan fingerprint density at radius 3 is 1.02 bits per heavy atom. The van der Waals surface area contributed by atoms with Gasteiger partial charge in [-0.05, 0) is 140 Å². The van der Waals surface area contributed by atoms with Crippen LogP contribution in [0.4, 0.5) is 0 Å². The van der Waals surface area contributed by atoms with Crippen molar-refractivity contribution >= 4 is 11.9 Å². The molecule has 0 aliphatic rings. The number of carboxylic acid groups (broad SMARTS) is 2. The molecule has 0 spiro atoms. The van der Waals surface area contributed by atoms with Gasteiger partial charge in [-0.15, -0.1) is 0 Å². The van der Waals surface area contributed by atoms with Crippen LogP contribution >= 0.6 is 0 Å². The number of rotatable bonds is 8. The molecule has 0 saturated carbocycles. The quantitative estimate of drug-likeness (QED) is 0.161. The van der Waals surface area contributed by atoms with Crippen LogP contribution in [0.2, 0.25) is 0 Å². The van der Waals surface area contributed by atoms with Crippen LogP contribution in [0.15, 0.2) is 60.7 Å². The van der Waals surface area contributed by atoms with E-state index < -0.39 is 22.8 Å². The van der Waals surface area contributed by atoms with Gasteiger partial charge in [-0.25, -0.2) is 0 Å². The minimum absolute atomic E-state index is 0.121. The molecule has 318 valence electrons. The van der Waals surface area contributed by atoms with Crippen LogP contribution < -0.4 is 10.2 Å². The van der Waals surface area contributed by atoms with Crippen molar-refractivity contribution < 1.29 is 30.0 Å². The maximum Gasteiger partial charge on any atom is 0.122 e. The topological polar surface area (TPSA) is 121 Å². The average molecular weight is 809 g/mol. The Morgan fingerprint density at radius 1 is 0.450 bits per heavy atom. The predicted molar refractivity (Wildman–Crippen MR) is 242 cm³/mol. The van der Waals surface area contributed by atoms with E-state index in [-0.39, 0.29) is 44.6 Å². The maximum atomic E-state index is 13.6. The van der Waals surface area contributed by atoms with E-state index in [4.69, 9.17) is 0 Å². The Labute approximate surface area is 358 Å². The van der Waals surface area contributed by atoms with Gasteiger partial charge >= 0.3 is 0 Å². The molecule has 60 heavy (non-hydrogen) atoms. The second-order valence-corrected chi connectivity index (χ2v) is 21.2. The zero-order valence-corrected chi connectivity index (χ0v) is 38.7. The van der Waals surface area contributed by atoms with E-state index in [1.54, 1.807) is 0 Å². The summed E-state index contributed by atoms with van der Waals surface area (Å²) in [4.78, 5) is 27.2. The Bertz CT molecular complexity index is 2350. The van der Waals surface area contributed by atoms with Crippen LogP contribution in [0.1, 0.15) is 171 Å². The normalized spacial score (nSPS) is 12.5. The van der Waals surface area contributed by atoms with Gasteiger partial charge in [0, 0.05) is 11.1 Å². The number of carbonyl (C=O) groups excluding carboxylic acids is 2. The molecular formula is C54H64O6-2. The van der Waals surface area contributed by atoms with Crippen molar-refractivity contribution in [2.45, 2.75) is 145 Å². The fraction of sp³-hybridized carbons (Fsp3) is 0.407. The number of carboxylic acids is 2. The van der Waals surface area contributed by atoms with E-state index in [1.165, 1.54) is 12.1 Å². The number of phenols is 2. The summed E-state index contributed by atoms with van der Waals surface area (Å²) >= 11 is 0. The Hall–Kier alpha value is -5.36. The highest BCUT2D eigenvalue weighted by Gasteiger charge is 2.32. The predicted octanol–water partition coefficient (Wildman–Crippen LogP) is 10.8. The van der Waals surface area contributed by atoms with Crippen LogP contribution in [0.25, 0.3) is 22.3 Å². The fourth-order valence-electron chi connectivity index (χ4n) is 8.73. The summed E-state index contributed by atoms with van der Waals surface area (Å²) in [6.07, 6.45) is 0.752. The van der Waals surface area contributed by atoms with Crippen LogP contribution in [0.5, 0.6) is 11.5 Å². The van der Waals surface area contributed by atoms with Gasteiger partial charge in [-0.2, -0.15) is 0 Å². The lowest BCUT2D eigenvalue weighted by molar-refractivity contribution is -0.256. The summed E-state index contributed by atoms with van der Waals surface area (Å²) < 4.78 is 0. The molecule has 0 aliphatic carbocycles. The minimum Gasteiger partial charge on any atom is -0.545 e. The van der Waals surface area contributed by atoms with Crippen LogP contribution in [0.3, 0.4) is 0 Å². The second kappa shape index (κ2) is 15.9. The van der Waals surface area contributed by atoms with E-state index >= 15 is 0 Å². The number of hydrogen-bond acceptors (Lipinski definition) is 6. The number of phenolic OH excluding ortho intramolecular Hbond substituents is 2. The SMILES string of the molecule is Cc1cc(Cc2cc(C)c(O)c(C(C)(C)C)c2)c(-c2c(C(=O)[O-])ccc(C(=O)[O-])c2-c2c(Cc3cc(C)c(O)c(C(C)(C)C)c3)cc(C)cc2C(C)(C)C)c(C(C)(C)C)c1. The molecule has 0 heterocycles. The maximum absolute atomic E-state index is 13.6. The lowest BCUT2D eigenvalue weighted by Crippen LogP contribution is -2.28. The number of aromatic hydroxyl groups is 2. The number of benzene rings is 5. The highest BCUT2D eigenvalue weighted by atomic mass is 16.4. The van der Waals surface area contributed by atoms with Crippen LogP contribution in [-0.2, 0) is 34.5 Å². The van der Waals surface area contributed by atoms with Crippen molar-refractivity contribution in [1.29, 1.82) is 0 Å². The molecule has 0 saturated heterocycles. The highest BCUT2D eigenvalue weighted by Crippen LogP contribution is 2.49. The second-order valence-electron chi connectivity index (χ2n) is 21.2. The highest BCUT2D eigenvalue weighted by molar-refractivity contribution is 6.09. The first-order valence-electron chi connectivity index (χ1n) is 21.0. The Morgan fingerprint density at radius 2 is 0.750 bits per heavy atom. The Kier molecular flexibility index (Phi) is 12.1. The third-order valence-electron chi connectivity index (χ3n) is 11.6. The molecule has 5 aromatic rings. The zero-order chi connectivity index (χ0) is 45.2.